The van der Waals surface area contributed by atoms with Crippen molar-refractivity contribution in [2.75, 3.05) is 20.3 Å². The average molecular weight is 399 g/mol. The second-order valence-corrected chi connectivity index (χ2v) is 6.13. The highest BCUT2D eigenvalue weighted by Gasteiger charge is 2.08. The molecule has 0 saturated heterocycles. The molecule has 0 heterocycles. The van der Waals surface area contributed by atoms with E-state index >= 15 is 0 Å². The molecular formula is C21H25N3O5. The predicted octanol–water partition coefficient (Wildman–Crippen LogP) is 2.46. The number of hydrogen-bond acceptors (Lipinski definition) is 6. The number of benzene rings is 2. The fraction of sp³-hybridized carbons (Fsp3) is 0.286. The van der Waals surface area contributed by atoms with Gasteiger partial charge in [0.1, 0.15) is 5.75 Å². The van der Waals surface area contributed by atoms with Gasteiger partial charge in [0.15, 0.2) is 11.5 Å². The first-order valence-corrected chi connectivity index (χ1v) is 9.23. The largest absolute Gasteiger partial charge is 0.504 e. The molecular weight excluding hydrogens is 374 g/mol. The highest BCUT2D eigenvalue weighted by atomic mass is 16.5. The molecule has 0 bridgehead atoms. The zero-order valence-electron chi connectivity index (χ0n) is 16.5. The maximum atomic E-state index is 12.1. The van der Waals surface area contributed by atoms with Gasteiger partial charge >= 0.3 is 0 Å². The van der Waals surface area contributed by atoms with Crippen LogP contribution in [0.4, 0.5) is 0 Å². The standard InChI is InChI=1S/C21H25N3O5/c1-3-4-11-29-17-8-6-16(7-9-17)21(27)22-14-20(26)24-23-13-15-5-10-18(25)19(12-15)28-2/h5-10,12-13,25H,3-4,11,14H2,1-2H3,(H,22,27)(H,24,26)/b23-13-. The molecule has 0 aliphatic rings. The van der Waals surface area contributed by atoms with Crippen LogP contribution >= 0.6 is 0 Å². The maximum absolute atomic E-state index is 12.1. The molecule has 0 spiro atoms. The summed E-state index contributed by atoms with van der Waals surface area (Å²) < 4.78 is 10.5. The van der Waals surface area contributed by atoms with E-state index in [9.17, 15) is 14.7 Å². The molecule has 2 aromatic carbocycles. The van der Waals surface area contributed by atoms with Gasteiger partial charge in [-0.1, -0.05) is 13.3 Å². The van der Waals surface area contributed by atoms with Crippen molar-refractivity contribution in [3.8, 4) is 17.2 Å². The van der Waals surface area contributed by atoms with Gasteiger partial charge in [-0.05, 0) is 54.4 Å². The van der Waals surface area contributed by atoms with Crippen molar-refractivity contribution in [1.29, 1.82) is 0 Å². The molecule has 0 unspecified atom stereocenters. The number of amides is 2. The number of nitrogens with one attached hydrogen (secondary N) is 2. The van der Waals surface area contributed by atoms with E-state index < -0.39 is 5.91 Å². The second kappa shape index (κ2) is 11.3. The number of ether oxygens (including phenoxy) is 2. The van der Waals surface area contributed by atoms with Crippen molar-refractivity contribution in [3.05, 3.63) is 53.6 Å². The minimum Gasteiger partial charge on any atom is -0.504 e. The van der Waals surface area contributed by atoms with Crippen molar-refractivity contribution < 1.29 is 24.2 Å². The molecule has 0 aromatic heterocycles. The van der Waals surface area contributed by atoms with E-state index in [0.29, 0.717) is 29.2 Å². The molecule has 0 fully saturated rings. The van der Waals surface area contributed by atoms with Crippen LogP contribution in [-0.4, -0.2) is 43.4 Å². The monoisotopic (exact) mass is 399 g/mol. The Morgan fingerprint density at radius 1 is 1.17 bits per heavy atom. The molecule has 2 aromatic rings. The fourth-order valence-electron chi connectivity index (χ4n) is 2.29. The summed E-state index contributed by atoms with van der Waals surface area (Å²) in [7, 11) is 1.44. The Kier molecular flexibility index (Phi) is 8.50. The summed E-state index contributed by atoms with van der Waals surface area (Å²) in [6.45, 7) is 2.51. The van der Waals surface area contributed by atoms with E-state index in [2.05, 4.69) is 22.8 Å². The third-order valence-corrected chi connectivity index (χ3v) is 3.90. The van der Waals surface area contributed by atoms with Crippen LogP contribution in [0.1, 0.15) is 35.7 Å². The lowest BCUT2D eigenvalue weighted by atomic mass is 10.2. The quantitative estimate of drug-likeness (QED) is 0.323. The molecule has 0 radical (unpaired) electrons. The SMILES string of the molecule is CCCCOc1ccc(C(=O)NCC(=O)N/N=C\c2ccc(O)c(OC)c2)cc1. The first-order valence-electron chi connectivity index (χ1n) is 9.23. The molecule has 154 valence electrons. The van der Waals surface area contributed by atoms with Crippen LogP contribution in [0.2, 0.25) is 0 Å². The van der Waals surface area contributed by atoms with Crippen LogP contribution in [0.3, 0.4) is 0 Å². The highest BCUT2D eigenvalue weighted by Crippen LogP contribution is 2.25. The molecule has 0 atom stereocenters. The van der Waals surface area contributed by atoms with Crippen LogP contribution in [0.5, 0.6) is 17.2 Å². The first-order chi connectivity index (χ1) is 14.0. The normalized spacial score (nSPS) is 10.6. The number of aromatic hydroxyl groups is 1. The van der Waals surface area contributed by atoms with E-state index in [1.54, 1.807) is 36.4 Å². The molecule has 2 rings (SSSR count). The maximum Gasteiger partial charge on any atom is 0.259 e. The molecule has 0 aliphatic carbocycles. The molecule has 3 N–H and O–H groups in total. The van der Waals surface area contributed by atoms with Crippen LogP contribution < -0.4 is 20.2 Å². The van der Waals surface area contributed by atoms with Gasteiger partial charge in [-0.25, -0.2) is 5.43 Å². The lowest BCUT2D eigenvalue weighted by molar-refractivity contribution is -0.120. The molecule has 29 heavy (non-hydrogen) atoms. The summed E-state index contributed by atoms with van der Waals surface area (Å²) in [5.41, 5.74) is 3.38. The number of rotatable bonds is 10. The highest BCUT2D eigenvalue weighted by molar-refractivity contribution is 5.96. The molecule has 8 heteroatoms. The Bertz CT molecular complexity index is 850. The lowest BCUT2D eigenvalue weighted by Gasteiger charge is -2.07. The summed E-state index contributed by atoms with van der Waals surface area (Å²) in [6.07, 6.45) is 3.43. The van der Waals surface area contributed by atoms with Gasteiger partial charge < -0.3 is 19.9 Å². The van der Waals surface area contributed by atoms with Crippen LogP contribution in [-0.2, 0) is 4.79 Å². The smallest absolute Gasteiger partial charge is 0.259 e. The van der Waals surface area contributed by atoms with Gasteiger partial charge in [0.05, 0.1) is 26.5 Å². The summed E-state index contributed by atoms with van der Waals surface area (Å²) in [5.74, 6) is 0.173. The minimum atomic E-state index is -0.472. The molecule has 0 aliphatic heterocycles. The van der Waals surface area contributed by atoms with Crippen molar-refractivity contribution in [3.63, 3.8) is 0 Å². The summed E-state index contributed by atoms with van der Waals surface area (Å²) in [4.78, 5) is 23.9. The van der Waals surface area contributed by atoms with E-state index in [1.807, 2.05) is 0 Å². The molecule has 2 amide bonds. The molecule has 8 nitrogen and oxygen atoms in total. The number of carbonyl (C=O) groups is 2. The topological polar surface area (TPSA) is 109 Å². The summed E-state index contributed by atoms with van der Waals surface area (Å²) in [5, 5.41) is 15.9. The number of methoxy groups -OCH3 is 1. The van der Waals surface area contributed by atoms with Crippen molar-refractivity contribution >= 4 is 18.0 Å². The van der Waals surface area contributed by atoms with Crippen molar-refractivity contribution in [2.45, 2.75) is 19.8 Å². The number of hydrazone groups is 1. The van der Waals surface area contributed by atoms with Gasteiger partial charge in [-0.3, -0.25) is 9.59 Å². The van der Waals surface area contributed by atoms with E-state index in [4.69, 9.17) is 9.47 Å². The zero-order valence-corrected chi connectivity index (χ0v) is 16.5. The molecule has 0 saturated carbocycles. The van der Waals surface area contributed by atoms with E-state index in [-0.39, 0.29) is 18.2 Å². The summed E-state index contributed by atoms with van der Waals surface area (Å²) in [6, 6.07) is 11.4. The van der Waals surface area contributed by atoms with E-state index in [0.717, 1.165) is 12.8 Å². The van der Waals surface area contributed by atoms with Gasteiger partial charge in [0.2, 0.25) is 0 Å². The number of phenolic OH excluding ortho intramolecular Hbond substituents is 1. The summed E-state index contributed by atoms with van der Waals surface area (Å²) >= 11 is 0. The predicted molar refractivity (Wildman–Crippen MR) is 110 cm³/mol. The van der Waals surface area contributed by atoms with Crippen LogP contribution in [0, 0.1) is 0 Å². The third-order valence-electron chi connectivity index (χ3n) is 3.90. The first kappa shape index (κ1) is 21.7. The number of carbonyl (C=O) groups excluding carboxylic acids is 2. The number of phenols is 1. The third kappa shape index (κ3) is 7.17. The minimum absolute atomic E-state index is 0.0111. The van der Waals surface area contributed by atoms with Gasteiger partial charge in [-0.15, -0.1) is 0 Å². The average Bonchev–Trinajstić information content (AvgIpc) is 2.74. The Balaban J connectivity index is 1.77. The Labute approximate surface area is 169 Å². The Morgan fingerprint density at radius 3 is 2.62 bits per heavy atom. The Morgan fingerprint density at radius 2 is 1.93 bits per heavy atom. The Hall–Kier alpha value is -3.55. The number of unbranched alkanes of at least 4 members (excludes halogenated alkanes) is 1. The van der Waals surface area contributed by atoms with Gasteiger partial charge in [-0.2, -0.15) is 5.10 Å². The zero-order chi connectivity index (χ0) is 21.1. The lowest BCUT2D eigenvalue weighted by Crippen LogP contribution is -2.34. The van der Waals surface area contributed by atoms with E-state index in [1.165, 1.54) is 19.4 Å². The van der Waals surface area contributed by atoms with Gasteiger partial charge in [0.25, 0.3) is 11.8 Å². The number of nitrogens with zero attached hydrogens (tertiary/aromatic N) is 1. The van der Waals surface area contributed by atoms with Crippen LogP contribution in [0.25, 0.3) is 0 Å². The fourth-order valence-corrected chi connectivity index (χ4v) is 2.29. The second-order valence-electron chi connectivity index (χ2n) is 6.13. The van der Waals surface area contributed by atoms with Crippen molar-refractivity contribution in [1.82, 2.24) is 10.7 Å². The number of hydrogen-bond donors (Lipinski definition) is 3. The van der Waals surface area contributed by atoms with Gasteiger partial charge in [0, 0.05) is 5.56 Å². The van der Waals surface area contributed by atoms with Crippen molar-refractivity contribution in [2.24, 2.45) is 5.10 Å². The van der Waals surface area contributed by atoms with Crippen LogP contribution in [0.15, 0.2) is 47.6 Å².